The summed E-state index contributed by atoms with van der Waals surface area (Å²) in [6.07, 6.45) is 5.57. The van der Waals surface area contributed by atoms with Crippen molar-refractivity contribution in [3.63, 3.8) is 0 Å². The van der Waals surface area contributed by atoms with E-state index < -0.39 is 15.6 Å². The molecule has 1 aromatic rings. The Labute approximate surface area is 130 Å². The summed E-state index contributed by atoms with van der Waals surface area (Å²) in [5, 5.41) is 6.40. The topological polar surface area (TPSA) is 101 Å². The first-order chi connectivity index (χ1) is 9.81. The van der Waals surface area contributed by atoms with Crippen molar-refractivity contribution in [3.05, 3.63) is 11.9 Å². The summed E-state index contributed by atoms with van der Waals surface area (Å²) in [5.41, 5.74) is 5.56. The molecule has 2 rings (SSSR count). The molecule has 0 aromatic carbocycles. The molecular weight excluding hydrogens is 308 g/mol. The molecule has 1 aliphatic carbocycles. The van der Waals surface area contributed by atoms with Gasteiger partial charge in [0.05, 0.1) is 22.4 Å². The molecule has 0 amide bonds. The Morgan fingerprint density at radius 2 is 2.19 bits per heavy atom. The highest BCUT2D eigenvalue weighted by atomic mass is 32.2. The average molecular weight is 330 g/mol. The van der Waals surface area contributed by atoms with Crippen LogP contribution >= 0.6 is 12.2 Å². The van der Waals surface area contributed by atoms with Crippen LogP contribution in [0.1, 0.15) is 44.7 Å². The van der Waals surface area contributed by atoms with Gasteiger partial charge in [0.2, 0.25) is 10.0 Å². The molecule has 4 N–H and O–H groups in total. The number of nitrogens with one attached hydrogen (secondary N) is 2. The zero-order chi connectivity index (χ0) is 15.7. The third kappa shape index (κ3) is 3.27. The molecule has 8 heteroatoms. The number of hydrogen-bond donors (Lipinski definition) is 3. The molecular formula is C13H22N4O2S2. The molecule has 0 aliphatic heterocycles. The fourth-order valence-electron chi connectivity index (χ4n) is 2.90. The Bertz CT molecular complexity index is 616. The molecule has 6 nitrogen and oxygen atoms in total. The monoisotopic (exact) mass is 330 g/mol. The van der Waals surface area contributed by atoms with E-state index in [1.54, 1.807) is 6.92 Å². The summed E-state index contributed by atoms with van der Waals surface area (Å²) in [5.74, 6) is 0.618. The maximum Gasteiger partial charge on any atom is 0.244 e. The Balaban J connectivity index is 2.26. The van der Waals surface area contributed by atoms with E-state index >= 15 is 0 Å². The summed E-state index contributed by atoms with van der Waals surface area (Å²) in [4.78, 5) is 0.373. The maximum atomic E-state index is 12.6. The van der Waals surface area contributed by atoms with Crippen molar-refractivity contribution < 1.29 is 8.42 Å². The van der Waals surface area contributed by atoms with E-state index in [4.69, 9.17) is 18.0 Å². The standard InChI is InChI=1S/C13H22N4O2S2/c1-3-10-4-6-13(7-5-10,12(14)20)17-21(18,19)11-8-15-16-9(11)2/h8,10,17H,3-7H2,1-2H3,(H2,14,20)(H,15,16). The van der Waals surface area contributed by atoms with Gasteiger partial charge in [0, 0.05) is 0 Å². The van der Waals surface area contributed by atoms with Crippen molar-refractivity contribution in [1.82, 2.24) is 14.9 Å². The minimum Gasteiger partial charge on any atom is -0.392 e. The number of nitrogens with zero attached hydrogens (tertiary/aromatic N) is 1. The predicted octanol–water partition coefficient (Wildman–Crippen LogP) is 1.62. The number of H-pyrrole nitrogens is 1. The lowest BCUT2D eigenvalue weighted by Crippen LogP contribution is -2.58. The van der Waals surface area contributed by atoms with Crippen molar-refractivity contribution in [2.45, 2.75) is 56.4 Å². The second-order valence-electron chi connectivity index (χ2n) is 5.76. The van der Waals surface area contributed by atoms with E-state index in [9.17, 15) is 8.42 Å². The highest BCUT2D eigenvalue weighted by Gasteiger charge is 2.41. The Kier molecular flexibility index (Phi) is 4.69. The largest absolute Gasteiger partial charge is 0.392 e. The highest BCUT2D eigenvalue weighted by molar-refractivity contribution is 7.89. The van der Waals surface area contributed by atoms with E-state index in [1.807, 2.05) is 0 Å². The van der Waals surface area contributed by atoms with Crippen LogP contribution in [0.3, 0.4) is 0 Å². The van der Waals surface area contributed by atoms with Gasteiger partial charge in [-0.1, -0.05) is 25.6 Å². The number of thiocarbonyl (C=S) groups is 1. The molecule has 0 radical (unpaired) electrons. The molecule has 1 saturated carbocycles. The number of aryl methyl sites for hydroxylation is 1. The Morgan fingerprint density at radius 1 is 1.57 bits per heavy atom. The molecule has 1 aliphatic rings. The summed E-state index contributed by atoms with van der Waals surface area (Å²) >= 11 is 5.16. The van der Waals surface area contributed by atoms with Gasteiger partial charge >= 0.3 is 0 Å². The quantitative estimate of drug-likeness (QED) is 0.712. The zero-order valence-corrected chi connectivity index (χ0v) is 14.0. The van der Waals surface area contributed by atoms with Crippen LogP contribution in [0.4, 0.5) is 0 Å². The minimum atomic E-state index is -3.69. The van der Waals surface area contributed by atoms with Gasteiger partial charge < -0.3 is 5.73 Å². The molecule has 118 valence electrons. The average Bonchev–Trinajstić information content (AvgIpc) is 2.86. The number of nitrogens with two attached hydrogens (primary N) is 1. The molecule has 0 spiro atoms. The van der Waals surface area contributed by atoms with Crippen LogP contribution < -0.4 is 10.5 Å². The van der Waals surface area contributed by atoms with Crippen LogP contribution in [0.2, 0.25) is 0 Å². The SMILES string of the molecule is CCC1CCC(NS(=O)(=O)c2cn[nH]c2C)(C(N)=S)CC1. The van der Waals surface area contributed by atoms with Crippen LogP contribution in [-0.2, 0) is 10.0 Å². The molecule has 1 fully saturated rings. The van der Waals surface area contributed by atoms with Crippen LogP contribution in [-0.4, -0.2) is 29.1 Å². The first-order valence-electron chi connectivity index (χ1n) is 7.14. The summed E-state index contributed by atoms with van der Waals surface area (Å²) in [7, 11) is -3.69. The number of aromatic amines is 1. The summed E-state index contributed by atoms with van der Waals surface area (Å²) in [6.45, 7) is 3.82. The van der Waals surface area contributed by atoms with Crippen molar-refractivity contribution in [1.29, 1.82) is 0 Å². The normalized spacial score (nSPS) is 26.7. The lowest BCUT2D eigenvalue weighted by Gasteiger charge is -2.39. The first kappa shape index (κ1) is 16.4. The highest BCUT2D eigenvalue weighted by Crippen LogP contribution is 2.35. The number of hydrogen-bond acceptors (Lipinski definition) is 4. The fourth-order valence-corrected chi connectivity index (χ4v) is 4.80. The Morgan fingerprint density at radius 3 is 2.62 bits per heavy atom. The first-order valence-corrected chi connectivity index (χ1v) is 9.04. The van der Waals surface area contributed by atoms with Crippen molar-refractivity contribution in [2.24, 2.45) is 11.7 Å². The third-order valence-electron chi connectivity index (χ3n) is 4.41. The van der Waals surface area contributed by atoms with E-state index in [2.05, 4.69) is 21.8 Å². The van der Waals surface area contributed by atoms with Gasteiger partial charge in [0.1, 0.15) is 4.90 Å². The van der Waals surface area contributed by atoms with E-state index in [1.165, 1.54) is 6.20 Å². The third-order valence-corrected chi connectivity index (χ3v) is 6.45. The van der Waals surface area contributed by atoms with Crippen LogP contribution in [0.15, 0.2) is 11.1 Å². The van der Waals surface area contributed by atoms with Gasteiger partial charge in [0.25, 0.3) is 0 Å². The van der Waals surface area contributed by atoms with Crippen molar-refractivity contribution in [3.8, 4) is 0 Å². The molecule has 0 unspecified atom stereocenters. The van der Waals surface area contributed by atoms with Gasteiger partial charge in [-0.15, -0.1) is 0 Å². The molecule has 1 aromatic heterocycles. The maximum absolute atomic E-state index is 12.6. The minimum absolute atomic E-state index is 0.149. The van der Waals surface area contributed by atoms with Crippen LogP contribution in [0.25, 0.3) is 0 Å². The molecule has 21 heavy (non-hydrogen) atoms. The second kappa shape index (κ2) is 6.02. The second-order valence-corrected chi connectivity index (χ2v) is 7.85. The van der Waals surface area contributed by atoms with Gasteiger partial charge in [-0.2, -0.15) is 9.82 Å². The fraction of sp³-hybridized carbons (Fsp3) is 0.692. The van der Waals surface area contributed by atoms with E-state index in [-0.39, 0.29) is 9.88 Å². The lowest BCUT2D eigenvalue weighted by molar-refractivity contribution is 0.269. The van der Waals surface area contributed by atoms with Crippen LogP contribution in [0, 0.1) is 12.8 Å². The van der Waals surface area contributed by atoms with E-state index in [0.717, 1.165) is 19.3 Å². The van der Waals surface area contributed by atoms with Gasteiger partial charge in [0.15, 0.2) is 0 Å². The molecule has 0 bridgehead atoms. The number of sulfonamides is 1. The van der Waals surface area contributed by atoms with E-state index in [0.29, 0.717) is 24.5 Å². The van der Waals surface area contributed by atoms with Gasteiger partial charge in [-0.05, 0) is 38.5 Å². The lowest BCUT2D eigenvalue weighted by atomic mass is 9.76. The van der Waals surface area contributed by atoms with Gasteiger partial charge in [-0.3, -0.25) is 5.10 Å². The summed E-state index contributed by atoms with van der Waals surface area (Å²) in [6, 6.07) is 0. The zero-order valence-electron chi connectivity index (χ0n) is 12.3. The van der Waals surface area contributed by atoms with Crippen molar-refractivity contribution >= 4 is 27.2 Å². The predicted molar refractivity (Wildman–Crippen MR) is 85.4 cm³/mol. The summed E-state index contributed by atoms with van der Waals surface area (Å²) < 4.78 is 27.9. The number of aromatic nitrogens is 2. The smallest absolute Gasteiger partial charge is 0.244 e. The molecule has 0 saturated heterocycles. The van der Waals surface area contributed by atoms with Crippen molar-refractivity contribution in [2.75, 3.05) is 0 Å². The van der Waals surface area contributed by atoms with Gasteiger partial charge in [-0.25, -0.2) is 8.42 Å². The molecule has 1 heterocycles. The molecule has 0 atom stereocenters. The van der Waals surface area contributed by atoms with Crippen LogP contribution in [0.5, 0.6) is 0 Å². The number of rotatable bonds is 5. The Hall–Kier alpha value is -0.990.